The van der Waals surface area contributed by atoms with Crippen LogP contribution in [0.2, 0.25) is 0 Å². The molecule has 4 rings (SSSR count). The summed E-state index contributed by atoms with van der Waals surface area (Å²) < 4.78 is 5.53. The molecule has 0 fully saturated rings. The van der Waals surface area contributed by atoms with Crippen LogP contribution in [0.3, 0.4) is 0 Å². The minimum Gasteiger partial charge on any atom is -0.422 e. The maximum atomic E-state index is 13.5. The molecule has 0 saturated carbocycles. The van der Waals surface area contributed by atoms with Gasteiger partial charge >= 0.3 is 0 Å². The van der Waals surface area contributed by atoms with Crippen LogP contribution in [0.1, 0.15) is 36.6 Å². The lowest BCUT2D eigenvalue weighted by molar-refractivity contribution is -0.122. The molecule has 2 aromatic rings. The fourth-order valence-corrected chi connectivity index (χ4v) is 4.14. The van der Waals surface area contributed by atoms with Gasteiger partial charge in [0.05, 0.1) is 11.6 Å². The zero-order valence-corrected chi connectivity index (χ0v) is 14.7. The van der Waals surface area contributed by atoms with Crippen molar-refractivity contribution < 1.29 is 9.53 Å². The molecule has 0 aliphatic carbocycles. The predicted molar refractivity (Wildman–Crippen MR) is 95.3 cm³/mol. The summed E-state index contributed by atoms with van der Waals surface area (Å²) in [6.45, 7) is 2.09. The number of amides is 1. The maximum Gasteiger partial charge on any atom is 0.244 e. The first kappa shape index (κ1) is 16.3. The van der Waals surface area contributed by atoms with Gasteiger partial charge in [-0.15, -0.1) is 5.10 Å². The molecule has 1 spiro atoms. The molecule has 7 nitrogen and oxygen atoms in total. The number of para-hydroxylation sites is 1. The molecule has 7 heteroatoms. The average Bonchev–Trinajstić information content (AvgIpc) is 3.14. The molecular formula is C19H19N5O2. The number of aromatic amines is 1. The molecule has 2 aliphatic heterocycles. The Kier molecular flexibility index (Phi) is 3.58. The first-order chi connectivity index (χ1) is 12.6. The number of nitrogens with one attached hydrogen (secondary N) is 2. The maximum absolute atomic E-state index is 13.5. The van der Waals surface area contributed by atoms with E-state index in [0.29, 0.717) is 12.0 Å². The molecule has 2 aliphatic rings. The summed E-state index contributed by atoms with van der Waals surface area (Å²) in [7, 11) is 1.70. The number of anilines is 1. The number of fused-ring (bicyclic) bond motifs is 4. The first-order valence-corrected chi connectivity index (χ1v) is 8.68. The summed E-state index contributed by atoms with van der Waals surface area (Å²) in [6.07, 6.45) is 2.61. The summed E-state index contributed by atoms with van der Waals surface area (Å²) >= 11 is 0. The number of hydrogen-bond donors (Lipinski definition) is 2. The van der Waals surface area contributed by atoms with Gasteiger partial charge in [-0.25, -0.2) is 0 Å². The number of nitriles is 1. The molecule has 0 saturated heterocycles. The third kappa shape index (κ3) is 1.84. The standard InChI is InChI=1S/C19H19N5O2/c1-3-4-8-13-15-17(23-22-13)26-16(21)12(10-20)19(15)11-7-5-6-9-14(11)24(2)18(19)25/h5-7,9,12,21H,3-4,8H2,1-2H3,(H,22,23). The van der Waals surface area contributed by atoms with E-state index in [1.165, 1.54) is 0 Å². The highest BCUT2D eigenvalue weighted by atomic mass is 16.5. The van der Waals surface area contributed by atoms with Crippen molar-refractivity contribution in [1.29, 1.82) is 10.7 Å². The Morgan fingerprint density at radius 2 is 2.23 bits per heavy atom. The molecule has 1 aromatic heterocycles. The summed E-state index contributed by atoms with van der Waals surface area (Å²) in [4.78, 5) is 15.1. The Balaban J connectivity index is 2.07. The van der Waals surface area contributed by atoms with Gasteiger partial charge in [0.25, 0.3) is 0 Å². The van der Waals surface area contributed by atoms with E-state index in [0.717, 1.165) is 29.8 Å². The topological polar surface area (TPSA) is 106 Å². The van der Waals surface area contributed by atoms with Gasteiger partial charge in [0.1, 0.15) is 11.3 Å². The van der Waals surface area contributed by atoms with Gasteiger partial charge in [-0.2, -0.15) is 5.26 Å². The average molecular weight is 349 g/mol. The van der Waals surface area contributed by atoms with E-state index in [9.17, 15) is 10.1 Å². The van der Waals surface area contributed by atoms with E-state index in [-0.39, 0.29) is 17.7 Å². The number of ether oxygens (including phenoxy) is 1. The van der Waals surface area contributed by atoms with Crippen molar-refractivity contribution in [2.75, 3.05) is 11.9 Å². The van der Waals surface area contributed by atoms with E-state index in [4.69, 9.17) is 10.1 Å². The van der Waals surface area contributed by atoms with E-state index in [1.807, 2.05) is 24.3 Å². The lowest BCUT2D eigenvalue weighted by atomic mass is 9.65. The zero-order chi connectivity index (χ0) is 18.5. The van der Waals surface area contributed by atoms with Gasteiger partial charge in [0.2, 0.25) is 17.7 Å². The van der Waals surface area contributed by atoms with Crippen molar-refractivity contribution in [3.63, 3.8) is 0 Å². The minimum atomic E-state index is -1.29. The Morgan fingerprint density at radius 3 is 2.96 bits per heavy atom. The largest absolute Gasteiger partial charge is 0.422 e. The Morgan fingerprint density at radius 1 is 1.46 bits per heavy atom. The molecule has 3 heterocycles. The number of H-pyrrole nitrogens is 1. The minimum absolute atomic E-state index is 0.223. The number of carbonyl (C=O) groups excluding carboxylic acids is 1. The Labute approximate surface area is 151 Å². The van der Waals surface area contributed by atoms with E-state index >= 15 is 0 Å². The van der Waals surface area contributed by atoms with Crippen LogP contribution < -0.4 is 9.64 Å². The highest BCUT2D eigenvalue weighted by Gasteiger charge is 2.63. The number of aromatic nitrogens is 2. The van der Waals surface area contributed by atoms with Crippen molar-refractivity contribution in [3.05, 3.63) is 41.1 Å². The van der Waals surface area contributed by atoms with Crippen LogP contribution in [0.4, 0.5) is 5.69 Å². The second kappa shape index (κ2) is 5.70. The quantitative estimate of drug-likeness (QED) is 0.888. The number of nitrogens with zero attached hydrogens (tertiary/aromatic N) is 3. The number of rotatable bonds is 3. The SMILES string of the molecule is CCCCc1[nH]nc2c1C1(C(=O)N(C)c3ccccc31)C(C#N)C(=N)O2. The first-order valence-electron chi connectivity index (χ1n) is 8.68. The molecule has 2 atom stereocenters. The van der Waals surface area contributed by atoms with Gasteiger partial charge in [0, 0.05) is 18.4 Å². The second-order valence-corrected chi connectivity index (χ2v) is 6.70. The van der Waals surface area contributed by atoms with Crippen LogP contribution in [-0.4, -0.2) is 29.0 Å². The van der Waals surface area contributed by atoms with Crippen LogP contribution >= 0.6 is 0 Å². The molecule has 0 radical (unpaired) electrons. The zero-order valence-electron chi connectivity index (χ0n) is 14.7. The summed E-state index contributed by atoms with van der Waals surface area (Å²) in [5, 5.41) is 25.3. The van der Waals surface area contributed by atoms with Crippen LogP contribution in [0, 0.1) is 22.7 Å². The van der Waals surface area contributed by atoms with Crippen molar-refractivity contribution in [1.82, 2.24) is 10.2 Å². The molecule has 26 heavy (non-hydrogen) atoms. The number of hydrogen-bond acceptors (Lipinski definition) is 5. The van der Waals surface area contributed by atoms with Gasteiger partial charge in [0.15, 0.2) is 0 Å². The molecule has 1 amide bonds. The predicted octanol–water partition coefficient (Wildman–Crippen LogP) is 2.52. The van der Waals surface area contributed by atoms with E-state index < -0.39 is 11.3 Å². The second-order valence-electron chi connectivity index (χ2n) is 6.70. The molecule has 1 aromatic carbocycles. The highest BCUT2D eigenvalue weighted by Crippen LogP contribution is 2.55. The van der Waals surface area contributed by atoms with Gasteiger partial charge in [-0.05, 0) is 24.5 Å². The van der Waals surface area contributed by atoms with Crippen LogP contribution in [-0.2, 0) is 16.6 Å². The molecule has 0 bridgehead atoms. The molecular weight excluding hydrogens is 330 g/mol. The number of unbranched alkanes of at least 4 members (excludes halogenated alkanes) is 1. The third-order valence-corrected chi connectivity index (χ3v) is 5.35. The number of benzene rings is 1. The van der Waals surface area contributed by atoms with Gasteiger partial charge in [-0.3, -0.25) is 15.3 Å². The fourth-order valence-electron chi connectivity index (χ4n) is 4.14. The van der Waals surface area contributed by atoms with Crippen molar-refractivity contribution >= 4 is 17.5 Å². The number of carbonyl (C=O) groups is 1. The lowest BCUT2D eigenvalue weighted by Gasteiger charge is -2.36. The summed E-state index contributed by atoms with van der Waals surface area (Å²) in [6, 6.07) is 9.59. The van der Waals surface area contributed by atoms with Crippen molar-refractivity contribution in [2.24, 2.45) is 5.92 Å². The Bertz CT molecular complexity index is 957. The molecule has 2 unspecified atom stereocenters. The van der Waals surface area contributed by atoms with Crippen LogP contribution in [0.15, 0.2) is 24.3 Å². The number of aryl methyl sites for hydroxylation is 1. The van der Waals surface area contributed by atoms with E-state index in [2.05, 4.69) is 23.2 Å². The van der Waals surface area contributed by atoms with Gasteiger partial charge < -0.3 is 9.64 Å². The molecule has 2 N–H and O–H groups in total. The molecule has 132 valence electrons. The lowest BCUT2D eigenvalue weighted by Crippen LogP contribution is -2.52. The van der Waals surface area contributed by atoms with E-state index in [1.54, 1.807) is 11.9 Å². The summed E-state index contributed by atoms with van der Waals surface area (Å²) in [5.41, 5.74) is 1.60. The smallest absolute Gasteiger partial charge is 0.244 e. The number of likely N-dealkylation sites (N-methyl/N-ethyl adjacent to an activating group) is 1. The summed E-state index contributed by atoms with van der Waals surface area (Å²) in [5.74, 6) is -1.27. The Hall–Kier alpha value is -3.14. The monoisotopic (exact) mass is 349 g/mol. The fraction of sp³-hybridized carbons (Fsp3) is 0.368. The van der Waals surface area contributed by atoms with Crippen molar-refractivity contribution in [2.45, 2.75) is 31.6 Å². The normalized spacial score (nSPS) is 23.6. The third-order valence-electron chi connectivity index (χ3n) is 5.35. The van der Waals surface area contributed by atoms with Crippen molar-refractivity contribution in [3.8, 4) is 11.9 Å². The van der Waals surface area contributed by atoms with Gasteiger partial charge in [-0.1, -0.05) is 31.5 Å². The van der Waals surface area contributed by atoms with Crippen LogP contribution in [0.5, 0.6) is 5.88 Å². The van der Waals surface area contributed by atoms with Crippen LogP contribution in [0.25, 0.3) is 0 Å². The highest BCUT2D eigenvalue weighted by molar-refractivity contribution is 6.14.